The van der Waals surface area contributed by atoms with E-state index in [1.807, 2.05) is 12.1 Å². The van der Waals surface area contributed by atoms with Crippen molar-refractivity contribution in [3.05, 3.63) is 34.9 Å². The molecule has 7 heteroatoms. The average molecular weight is 368 g/mol. The molecule has 1 unspecified atom stereocenters. The lowest BCUT2D eigenvalue weighted by Gasteiger charge is -2.44. The molecule has 4 aliphatic heterocycles. The van der Waals surface area contributed by atoms with Crippen molar-refractivity contribution < 1.29 is 14.4 Å². The Morgan fingerprint density at radius 3 is 2.85 bits per heavy atom. The van der Waals surface area contributed by atoms with Gasteiger partial charge < -0.3 is 15.5 Å². The highest BCUT2D eigenvalue weighted by Crippen LogP contribution is 2.46. The van der Waals surface area contributed by atoms with Crippen molar-refractivity contribution in [2.24, 2.45) is 5.41 Å². The number of carbonyl (C=O) groups is 3. The highest BCUT2D eigenvalue weighted by Gasteiger charge is 2.55. The SMILES string of the molecule is C[C@@]12CN[C@@H](C1)[C@@H]2NCc1ccc2c(c1)CN(C1CCC(=O)NC1=O)C2=O. The van der Waals surface area contributed by atoms with Gasteiger partial charge in [0.15, 0.2) is 0 Å². The Morgan fingerprint density at radius 1 is 1.30 bits per heavy atom. The van der Waals surface area contributed by atoms with Crippen LogP contribution in [0.2, 0.25) is 0 Å². The Morgan fingerprint density at radius 2 is 2.15 bits per heavy atom. The molecule has 3 saturated heterocycles. The van der Waals surface area contributed by atoms with Crippen molar-refractivity contribution in [2.75, 3.05) is 6.54 Å². The number of benzene rings is 1. The fourth-order valence-corrected chi connectivity index (χ4v) is 5.16. The minimum absolute atomic E-state index is 0.118. The summed E-state index contributed by atoms with van der Waals surface area (Å²) in [4.78, 5) is 37.8. The second-order valence-electron chi connectivity index (χ2n) is 8.60. The first kappa shape index (κ1) is 16.9. The molecule has 4 fully saturated rings. The maximum atomic E-state index is 12.7. The average Bonchev–Trinajstić information content (AvgIpc) is 3.26. The van der Waals surface area contributed by atoms with Gasteiger partial charge >= 0.3 is 0 Å². The van der Waals surface area contributed by atoms with Crippen LogP contribution in [0.15, 0.2) is 18.2 Å². The molecule has 6 rings (SSSR count). The predicted octanol–water partition coefficient (Wildman–Crippen LogP) is 0.288. The predicted molar refractivity (Wildman–Crippen MR) is 97.6 cm³/mol. The van der Waals surface area contributed by atoms with Gasteiger partial charge in [0.05, 0.1) is 0 Å². The van der Waals surface area contributed by atoms with E-state index in [2.05, 4.69) is 28.9 Å². The Kier molecular flexibility index (Phi) is 3.67. The van der Waals surface area contributed by atoms with Crippen LogP contribution in [0.4, 0.5) is 0 Å². The molecule has 7 nitrogen and oxygen atoms in total. The molecular formula is C20H24N4O3. The van der Waals surface area contributed by atoms with E-state index < -0.39 is 6.04 Å². The summed E-state index contributed by atoms with van der Waals surface area (Å²) in [6, 6.07) is 6.47. The van der Waals surface area contributed by atoms with E-state index in [0.717, 1.165) is 24.2 Å². The number of rotatable bonds is 4. The van der Waals surface area contributed by atoms with E-state index in [1.165, 1.54) is 6.42 Å². The van der Waals surface area contributed by atoms with Crippen molar-refractivity contribution in [2.45, 2.75) is 57.4 Å². The number of hydrogen-bond donors (Lipinski definition) is 3. The number of piperidine rings is 1. The second kappa shape index (κ2) is 5.87. The molecule has 1 aliphatic carbocycles. The fraction of sp³-hybridized carbons (Fsp3) is 0.550. The summed E-state index contributed by atoms with van der Waals surface area (Å²) in [6.07, 6.45) is 1.92. The number of fused-ring (bicyclic) bond motifs is 2. The Balaban J connectivity index is 1.28. The third-order valence-electron chi connectivity index (χ3n) is 6.72. The zero-order chi connectivity index (χ0) is 18.8. The van der Waals surface area contributed by atoms with Crippen molar-refractivity contribution in [3.63, 3.8) is 0 Å². The topological polar surface area (TPSA) is 90.5 Å². The monoisotopic (exact) mass is 368 g/mol. The van der Waals surface area contributed by atoms with Crippen LogP contribution in [0.1, 0.15) is 47.7 Å². The summed E-state index contributed by atoms with van der Waals surface area (Å²) in [6.45, 7) is 4.60. The van der Waals surface area contributed by atoms with E-state index in [0.29, 0.717) is 36.0 Å². The molecule has 27 heavy (non-hydrogen) atoms. The Bertz CT molecular complexity index is 850. The quantitative estimate of drug-likeness (QED) is 0.665. The molecular weight excluding hydrogens is 344 g/mol. The molecule has 4 heterocycles. The van der Waals surface area contributed by atoms with Crippen molar-refractivity contribution in [1.29, 1.82) is 0 Å². The molecule has 0 aromatic heterocycles. The van der Waals surface area contributed by atoms with Gasteiger partial charge in [0.2, 0.25) is 11.8 Å². The first-order chi connectivity index (χ1) is 12.9. The highest BCUT2D eigenvalue weighted by atomic mass is 16.2. The Hall–Kier alpha value is -2.25. The molecule has 4 atom stereocenters. The highest BCUT2D eigenvalue weighted by molar-refractivity contribution is 6.05. The van der Waals surface area contributed by atoms with Gasteiger partial charge in [-0.15, -0.1) is 0 Å². The van der Waals surface area contributed by atoms with Crippen molar-refractivity contribution in [1.82, 2.24) is 20.9 Å². The maximum absolute atomic E-state index is 12.7. The van der Waals surface area contributed by atoms with E-state index >= 15 is 0 Å². The number of hydrogen-bond acceptors (Lipinski definition) is 5. The molecule has 0 spiro atoms. The first-order valence-electron chi connectivity index (χ1n) is 9.68. The van der Waals surface area contributed by atoms with Gasteiger partial charge in [-0.1, -0.05) is 19.1 Å². The number of nitrogens with one attached hydrogen (secondary N) is 3. The maximum Gasteiger partial charge on any atom is 0.255 e. The first-order valence-corrected chi connectivity index (χ1v) is 9.68. The van der Waals surface area contributed by atoms with Crippen LogP contribution < -0.4 is 16.0 Å². The third kappa shape index (κ3) is 2.60. The van der Waals surface area contributed by atoms with Crippen LogP contribution >= 0.6 is 0 Å². The zero-order valence-electron chi connectivity index (χ0n) is 15.4. The molecule has 3 amide bonds. The molecule has 1 saturated carbocycles. The normalized spacial score (nSPS) is 34.5. The summed E-state index contributed by atoms with van der Waals surface area (Å²) < 4.78 is 0. The van der Waals surface area contributed by atoms with Crippen LogP contribution in [-0.4, -0.2) is 47.3 Å². The third-order valence-corrected chi connectivity index (χ3v) is 6.72. The minimum atomic E-state index is -0.555. The second-order valence-corrected chi connectivity index (χ2v) is 8.60. The van der Waals surface area contributed by atoms with Crippen LogP contribution in [0, 0.1) is 5.41 Å². The van der Waals surface area contributed by atoms with Crippen LogP contribution in [-0.2, 0) is 22.7 Å². The van der Waals surface area contributed by atoms with Crippen LogP contribution in [0.5, 0.6) is 0 Å². The molecule has 1 aromatic carbocycles. The number of carbonyl (C=O) groups excluding carboxylic acids is 3. The van der Waals surface area contributed by atoms with Crippen molar-refractivity contribution >= 4 is 17.7 Å². The van der Waals surface area contributed by atoms with Gasteiger partial charge in [-0.2, -0.15) is 0 Å². The smallest absolute Gasteiger partial charge is 0.255 e. The fourth-order valence-electron chi connectivity index (χ4n) is 5.16. The lowest BCUT2D eigenvalue weighted by molar-refractivity contribution is -0.136. The van der Waals surface area contributed by atoms with Crippen LogP contribution in [0.25, 0.3) is 0 Å². The molecule has 1 aromatic rings. The minimum Gasteiger partial charge on any atom is -0.322 e. The largest absolute Gasteiger partial charge is 0.322 e. The van der Waals surface area contributed by atoms with E-state index in [1.54, 1.807) is 4.90 Å². The number of amides is 3. The molecule has 5 aliphatic rings. The zero-order valence-corrected chi connectivity index (χ0v) is 15.4. The summed E-state index contributed by atoms with van der Waals surface area (Å²) in [7, 11) is 0. The van der Waals surface area contributed by atoms with Gasteiger partial charge in [-0.05, 0) is 35.4 Å². The summed E-state index contributed by atoms with van der Waals surface area (Å²) >= 11 is 0. The van der Waals surface area contributed by atoms with E-state index in [-0.39, 0.29) is 24.1 Å². The molecule has 142 valence electrons. The summed E-state index contributed by atoms with van der Waals surface area (Å²) in [5.41, 5.74) is 3.15. The Labute approximate surface area is 157 Å². The van der Waals surface area contributed by atoms with Gasteiger partial charge in [-0.25, -0.2) is 0 Å². The van der Waals surface area contributed by atoms with E-state index in [4.69, 9.17) is 0 Å². The van der Waals surface area contributed by atoms with Gasteiger partial charge in [0.25, 0.3) is 5.91 Å². The lowest BCUT2D eigenvalue weighted by atomic mass is 9.67. The number of nitrogens with zero attached hydrogens (tertiary/aromatic N) is 1. The molecule has 0 radical (unpaired) electrons. The van der Waals surface area contributed by atoms with Crippen molar-refractivity contribution in [3.8, 4) is 0 Å². The van der Waals surface area contributed by atoms with Gasteiger partial charge in [0, 0.05) is 43.7 Å². The van der Waals surface area contributed by atoms with Gasteiger partial charge in [-0.3, -0.25) is 19.7 Å². The molecule has 2 bridgehead atoms. The standard InChI is InChI=1S/C20H24N4O3/c1-20-7-14(22-10-20)17(20)21-8-11-2-3-13-12(6-11)9-24(19(13)27)15-4-5-16(25)23-18(15)26/h2-3,6,14-15,17,21-22H,4-5,7-10H2,1H3,(H,23,25,26)/t14-,15?,17-,20-/m0/s1. The van der Waals surface area contributed by atoms with Gasteiger partial charge in [0.1, 0.15) is 6.04 Å². The van der Waals surface area contributed by atoms with Crippen LogP contribution in [0.3, 0.4) is 0 Å². The lowest BCUT2D eigenvalue weighted by Crippen LogP contribution is -2.57. The van der Waals surface area contributed by atoms with E-state index in [9.17, 15) is 14.4 Å². The summed E-state index contributed by atoms with van der Waals surface area (Å²) in [5.74, 6) is -0.745. The molecule has 3 N–H and O–H groups in total. The summed E-state index contributed by atoms with van der Waals surface area (Å²) in [5, 5.41) is 9.55. The number of imide groups is 1.